The van der Waals surface area contributed by atoms with E-state index in [1.165, 1.54) is 0 Å². The van der Waals surface area contributed by atoms with Crippen LogP contribution in [0.4, 0.5) is 11.8 Å². The number of hydrogen-bond acceptors (Lipinski definition) is 6. The van der Waals surface area contributed by atoms with Crippen molar-refractivity contribution < 1.29 is 4.74 Å². The lowest BCUT2D eigenvalue weighted by atomic mass is 9.89. The summed E-state index contributed by atoms with van der Waals surface area (Å²) in [6.07, 6.45) is 3.58. The van der Waals surface area contributed by atoms with Gasteiger partial charge >= 0.3 is 0 Å². The third-order valence-electron chi connectivity index (χ3n) is 3.70. The number of anilines is 2. The van der Waals surface area contributed by atoms with Crippen LogP contribution >= 0.6 is 11.3 Å². The number of fused-ring (bicyclic) bond motifs is 1. The summed E-state index contributed by atoms with van der Waals surface area (Å²) in [5.74, 6) is 1.66. The van der Waals surface area contributed by atoms with Crippen molar-refractivity contribution in [3.63, 3.8) is 0 Å². The van der Waals surface area contributed by atoms with Gasteiger partial charge in [0.05, 0.1) is 11.5 Å². The Labute approximate surface area is 129 Å². The molecule has 1 saturated carbocycles. The highest BCUT2D eigenvalue weighted by molar-refractivity contribution is 7.16. The monoisotopic (exact) mass is 306 g/mol. The summed E-state index contributed by atoms with van der Waals surface area (Å²) in [5.41, 5.74) is 0. The first-order chi connectivity index (χ1) is 10.3. The van der Waals surface area contributed by atoms with E-state index in [0.717, 1.165) is 54.4 Å². The van der Waals surface area contributed by atoms with Crippen molar-refractivity contribution >= 4 is 33.3 Å². The van der Waals surface area contributed by atoms with E-state index in [0.29, 0.717) is 12.1 Å². The number of ether oxygens (including phenoxy) is 1. The first kappa shape index (κ1) is 14.5. The van der Waals surface area contributed by atoms with Gasteiger partial charge < -0.3 is 15.4 Å². The van der Waals surface area contributed by atoms with Gasteiger partial charge in [0.2, 0.25) is 5.95 Å². The molecule has 2 N–H and O–H groups in total. The van der Waals surface area contributed by atoms with Crippen LogP contribution in [0.3, 0.4) is 0 Å². The van der Waals surface area contributed by atoms with E-state index in [4.69, 9.17) is 4.74 Å². The maximum absolute atomic E-state index is 5.61. The van der Waals surface area contributed by atoms with E-state index in [1.54, 1.807) is 11.3 Å². The molecule has 5 nitrogen and oxygen atoms in total. The fraction of sp³-hybridized carbons (Fsp3) is 0.600. The number of aromatic nitrogens is 2. The van der Waals surface area contributed by atoms with Gasteiger partial charge in [0.15, 0.2) is 0 Å². The molecule has 0 bridgehead atoms. The third-order valence-corrected chi connectivity index (χ3v) is 4.50. The average molecular weight is 306 g/mol. The van der Waals surface area contributed by atoms with E-state index in [2.05, 4.69) is 39.0 Å². The summed E-state index contributed by atoms with van der Waals surface area (Å²) >= 11 is 1.65. The maximum Gasteiger partial charge on any atom is 0.226 e. The predicted octanol–water partition coefficient (Wildman–Crippen LogP) is 3.49. The summed E-state index contributed by atoms with van der Waals surface area (Å²) in [6, 6.07) is 2.54. The molecule has 0 atom stereocenters. The topological polar surface area (TPSA) is 59.1 Å². The van der Waals surface area contributed by atoms with Crippen molar-refractivity contribution in [3.8, 4) is 0 Å². The molecule has 3 rings (SSSR count). The summed E-state index contributed by atoms with van der Waals surface area (Å²) in [5, 5.41) is 10.0. The molecular formula is C15H22N4OS. The molecule has 0 radical (unpaired) electrons. The van der Waals surface area contributed by atoms with Crippen LogP contribution in [0.25, 0.3) is 10.2 Å². The van der Waals surface area contributed by atoms with Crippen LogP contribution in [-0.2, 0) is 4.74 Å². The quantitative estimate of drug-likeness (QED) is 0.820. The Kier molecular flexibility index (Phi) is 4.55. The molecule has 0 spiro atoms. The third kappa shape index (κ3) is 3.27. The highest BCUT2D eigenvalue weighted by Crippen LogP contribution is 2.31. The first-order valence-electron chi connectivity index (χ1n) is 7.67. The van der Waals surface area contributed by atoms with E-state index < -0.39 is 0 Å². The Hall–Kier alpha value is -1.40. The van der Waals surface area contributed by atoms with Gasteiger partial charge in [-0.15, -0.1) is 11.3 Å². The summed E-state index contributed by atoms with van der Waals surface area (Å²) in [4.78, 5) is 10.2. The number of hydrogen-bond donors (Lipinski definition) is 2. The van der Waals surface area contributed by atoms with Gasteiger partial charge in [-0.3, -0.25) is 0 Å². The second kappa shape index (κ2) is 6.58. The summed E-state index contributed by atoms with van der Waals surface area (Å²) in [7, 11) is 0. The minimum Gasteiger partial charge on any atom is -0.378 e. The van der Waals surface area contributed by atoms with E-state index in [-0.39, 0.29) is 0 Å². The van der Waals surface area contributed by atoms with Crippen molar-refractivity contribution in [1.82, 2.24) is 9.97 Å². The molecule has 21 heavy (non-hydrogen) atoms. The van der Waals surface area contributed by atoms with Gasteiger partial charge in [-0.05, 0) is 37.6 Å². The van der Waals surface area contributed by atoms with E-state index in [1.807, 2.05) is 6.92 Å². The zero-order valence-electron chi connectivity index (χ0n) is 12.6. The van der Waals surface area contributed by atoms with Crippen molar-refractivity contribution in [2.45, 2.75) is 45.3 Å². The van der Waals surface area contributed by atoms with Crippen molar-refractivity contribution in [2.24, 2.45) is 0 Å². The Morgan fingerprint density at radius 3 is 2.95 bits per heavy atom. The van der Waals surface area contributed by atoms with Crippen LogP contribution in [0.2, 0.25) is 0 Å². The summed E-state index contributed by atoms with van der Waals surface area (Å²) in [6.45, 7) is 5.88. The molecular weight excluding hydrogens is 284 g/mol. The van der Waals surface area contributed by atoms with E-state index >= 15 is 0 Å². The number of nitrogens with zero attached hydrogens (tertiary/aromatic N) is 2. The molecule has 114 valence electrons. The van der Waals surface area contributed by atoms with Crippen molar-refractivity contribution in [1.29, 1.82) is 0 Å². The minimum absolute atomic E-state index is 0.407. The largest absolute Gasteiger partial charge is 0.378 e. The van der Waals surface area contributed by atoms with E-state index in [9.17, 15) is 0 Å². The van der Waals surface area contributed by atoms with Gasteiger partial charge in [-0.2, -0.15) is 4.98 Å². The van der Waals surface area contributed by atoms with Crippen molar-refractivity contribution in [3.05, 3.63) is 11.4 Å². The molecule has 1 fully saturated rings. The van der Waals surface area contributed by atoms with Crippen LogP contribution in [0.15, 0.2) is 11.4 Å². The average Bonchev–Trinajstić information content (AvgIpc) is 2.91. The van der Waals surface area contributed by atoms with Crippen LogP contribution in [0, 0.1) is 0 Å². The number of rotatable bonds is 7. The van der Waals surface area contributed by atoms with Gasteiger partial charge in [-0.25, -0.2) is 4.98 Å². The normalized spacial score (nSPS) is 21.2. The lowest BCUT2D eigenvalue weighted by molar-refractivity contribution is 0.00295. The second-order valence-corrected chi connectivity index (χ2v) is 6.25. The van der Waals surface area contributed by atoms with Gasteiger partial charge in [-0.1, -0.05) is 6.92 Å². The second-order valence-electron chi connectivity index (χ2n) is 5.35. The fourth-order valence-corrected chi connectivity index (χ4v) is 3.29. The van der Waals surface area contributed by atoms with Crippen LogP contribution in [0.5, 0.6) is 0 Å². The summed E-state index contributed by atoms with van der Waals surface area (Å²) < 4.78 is 5.61. The molecule has 1 aliphatic carbocycles. The predicted molar refractivity (Wildman–Crippen MR) is 88.3 cm³/mol. The Bertz CT molecular complexity index is 594. The molecule has 0 amide bonds. The zero-order chi connectivity index (χ0) is 14.7. The van der Waals surface area contributed by atoms with Crippen molar-refractivity contribution in [2.75, 3.05) is 23.8 Å². The maximum atomic E-state index is 5.61. The van der Waals surface area contributed by atoms with Crippen LogP contribution < -0.4 is 10.6 Å². The first-order valence-corrected chi connectivity index (χ1v) is 8.55. The molecule has 0 aromatic carbocycles. The molecule has 6 heteroatoms. The minimum atomic E-state index is 0.407. The molecule has 2 aromatic rings. The van der Waals surface area contributed by atoms with Gasteiger partial charge in [0.1, 0.15) is 10.6 Å². The Morgan fingerprint density at radius 2 is 2.19 bits per heavy atom. The zero-order valence-corrected chi connectivity index (χ0v) is 13.4. The SMILES string of the molecule is CCCNc1nc(NC2CC(OCC)C2)c2ccsc2n1. The number of thiophene rings is 1. The lowest BCUT2D eigenvalue weighted by Gasteiger charge is -2.35. The highest BCUT2D eigenvalue weighted by Gasteiger charge is 2.30. The fourth-order valence-electron chi connectivity index (χ4n) is 2.53. The number of nitrogens with one attached hydrogen (secondary N) is 2. The van der Waals surface area contributed by atoms with Crippen LogP contribution in [-0.4, -0.2) is 35.3 Å². The Morgan fingerprint density at radius 1 is 1.33 bits per heavy atom. The van der Waals surface area contributed by atoms with Crippen LogP contribution in [0.1, 0.15) is 33.1 Å². The lowest BCUT2D eigenvalue weighted by Crippen LogP contribution is -2.41. The highest BCUT2D eigenvalue weighted by atomic mass is 32.1. The smallest absolute Gasteiger partial charge is 0.226 e. The molecule has 0 saturated heterocycles. The standard InChI is InChI=1S/C15H22N4OS/c1-3-6-16-15-18-13(12-5-7-21-14(12)19-15)17-10-8-11(9-10)20-4-2/h5,7,10-11H,3-4,6,8-9H2,1-2H3,(H2,16,17,18,19). The molecule has 1 aliphatic rings. The molecule has 0 unspecified atom stereocenters. The molecule has 0 aliphatic heterocycles. The van der Waals surface area contributed by atoms with Gasteiger partial charge in [0, 0.05) is 19.2 Å². The Balaban J connectivity index is 1.72. The van der Waals surface area contributed by atoms with Gasteiger partial charge in [0.25, 0.3) is 0 Å². The molecule has 2 heterocycles. The molecule has 2 aromatic heterocycles.